The Morgan fingerprint density at radius 3 is 2.62 bits per heavy atom. The molecule has 1 saturated carbocycles. The summed E-state index contributed by atoms with van der Waals surface area (Å²) >= 11 is 0. The maximum atomic E-state index is 12.6. The van der Waals surface area contributed by atoms with Crippen molar-refractivity contribution in [2.45, 2.75) is 44.0 Å². The molecular formula is C16H18F3N5O2. The molecule has 2 aromatic heterocycles. The number of rotatable bonds is 4. The summed E-state index contributed by atoms with van der Waals surface area (Å²) in [6.45, 7) is 0. The van der Waals surface area contributed by atoms with Crippen molar-refractivity contribution in [1.82, 2.24) is 24.8 Å². The summed E-state index contributed by atoms with van der Waals surface area (Å²) in [5.41, 5.74) is -0.961. The van der Waals surface area contributed by atoms with Crippen LogP contribution in [0.15, 0.2) is 24.8 Å². The predicted octanol–water partition coefficient (Wildman–Crippen LogP) is 2.37. The Bertz CT molecular complexity index is 769. The summed E-state index contributed by atoms with van der Waals surface area (Å²) in [6, 6.07) is 1.44. The van der Waals surface area contributed by atoms with E-state index >= 15 is 0 Å². The summed E-state index contributed by atoms with van der Waals surface area (Å²) < 4.78 is 44.3. The van der Waals surface area contributed by atoms with E-state index in [1.807, 2.05) is 0 Å². The number of alkyl halides is 3. The lowest BCUT2D eigenvalue weighted by Crippen LogP contribution is -2.39. The average Bonchev–Trinajstić information content (AvgIpc) is 3.13. The summed E-state index contributed by atoms with van der Waals surface area (Å²) in [7, 11) is 1.67. The molecule has 0 bridgehead atoms. The number of imidazole rings is 1. The Morgan fingerprint density at radius 1 is 1.27 bits per heavy atom. The van der Waals surface area contributed by atoms with Crippen molar-refractivity contribution in [2.24, 2.45) is 0 Å². The minimum atomic E-state index is -4.55. The summed E-state index contributed by atoms with van der Waals surface area (Å²) in [6.07, 6.45) is 2.08. The second-order valence-electron chi connectivity index (χ2n) is 6.09. The number of carbonyl (C=O) groups excluding carboxylic acids is 1. The van der Waals surface area contributed by atoms with Gasteiger partial charge in [-0.25, -0.2) is 15.0 Å². The highest BCUT2D eigenvalue weighted by Gasteiger charge is 2.33. The topological polar surface area (TPSA) is 81.9 Å². The zero-order valence-electron chi connectivity index (χ0n) is 14.0. The molecule has 26 heavy (non-hydrogen) atoms. The fourth-order valence-electron chi connectivity index (χ4n) is 2.88. The van der Waals surface area contributed by atoms with Crippen LogP contribution in [0.3, 0.4) is 0 Å². The maximum absolute atomic E-state index is 12.6. The fraction of sp³-hybridized carbons (Fsp3) is 0.500. The number of carbonyl (C=O) groups is 1. The van der Waals surface area contributed by atoms with Crippen LogP contribution in [-0.2, 0) is 10.9 Å². The first-order valence-corrected chi connectivity index (χ1v) is 8.15. The average molecular weight is 369 g/mol. The van der Waals surface area contributed by atoms with Crippen LogP contribution in [-0.4, -0.2) is 44.7 Å². The van der Waals surface area contributed by atoms with Gasteiger partial charge in [-0.05, 0) is 31.7 Å². The van der Waals surface area contributed by atoms with Gasteiger partial charge < -0.3 is 10.1 Å². The number of amides is 1. The number of methoxy groups -OCH3 is 1. The van der Waals surface area contributed by atoms with E-state index in [9.17, 15) is 18.0 Å². The summed E-state index contributed by atoms with van der Waals surface area (Å²) in [4.78, 5) is 23.6. The van der Waals surface area contributed by atoms with Gasteiger partial charge in [-0.15, -0.1) is 0 Å². The molecule has 0 unspecified atom stereocenters. The van der Waals surface area contributed by atoms with E-state index < -0.39 is 11.9 Å². The van der Waals surface area contributed by atoms with E-state index in [0.29, 0.717) is 0 Å². The zero-order valence-corrected chi connectivity index (χ0v) is 14.0. The van der Waals surface area contributed by atoms with Crippen molar-refractivity contribution < 1.29 is 22.7 Å². The Hall–Kier alpha value is -2.49. The number of nitrogens with one attached hydrogen (secondary N) is 1. The molecule has 1 fully saturated rings. The minimum absolute atomic E-state index is 0.0254. The fourth-order valence-corrected chi connectivity index (χ4v) is 2.88. The minimum Gasteiger partial charge on any atom is -0.381 e. The lowest BCUT2D eigenvalue weighted by molar-refractivity contribution is -0.140. The third kappa shape index (κ3) is 4.18. The highest BCUT2D eigenvalue weighted by Crippen LogP contribution is 2.27. The first-order valence-electron chi connectivity index (χ1n) is 8.15. The number of aromatic nitrogens is 4. The van der Waals surface area contributed by atoms with Crippen LogP contribution in [0.25, 0.3) is 5.95 Å². The van der Waals surface area contributed by atoms with E-state index in [4.69, 9.17) is 4.74 Å². The van der Waals surface area contributed by atoms with Gasteiger partial charge in [0.15, 0.2) is 5.69 Å². The second-order valence-corrected chi connectivity index (χ2v) is 6.09. The van der Waals surface area contributed by atoms with Crippen LogP contribution >= 0.6 is 0 Å². The van der Waals surface area contributed by atoms with E-state index in [1.165, 1.54) is 12.3 Å². The Labute approximate surface area is 147 Å². The first kappa shape index (κ1) is 18.3. The van der Waals surface area contributed by atoms with Crippen LogP contribution < -0.4 is 5.32 Å². The van der Waals surface area contributed by atoms with Gasteiger partial charge in [0, 0.05) is 25.5 Å². The van der Waals surface area contributed by atoms with Gasteiger partial charge in [0.05, 0.1) is 6.10 Å². The number of nitrogens with zero attached hydrogens (tertiary/aromatic N) is 4. The highest BCUT2D eigenvalue weighted by molar-refractivity contribution is 5.92. The van der Waals surface area contributed by atoms with Crippen LogP contribution in [0.4, 0.5) is 13.2 Å². The highest BCUT2D eigenvalue weighted by atomic mass is 19.4. The van der Waals surface area contributed by atoms with Crippen LogP contribution in [0, 0.1) is 0 Å². The quantitative estimate of drug-likeness (QED) is 0.895. The molecule has 2 aromatic rings. The second kappa shape index (κ2) is 7.40. The van der Waals surface area contributed by atoms with E-state index in [1.54, 1.807) is 7.11 Å². The van der Waals surface area contributed by atoms with E-state index in [0.717, 1.165) is 42.8 Å². The molecule has 1 N–H and O–H groups in total. The molecule has 0 spiro atoms. The molecule has 1 aliphatic rings. The third-order valence-corrected chi connectivity index (χ3v) is 4.32. The van der Waals surface area contributed by atoms with Gasteiger partial charge in [-0.3, -0.25) is 9.36 Å². The number of hydrogen-bond donors (Lipinski definition) is 1. The van der Waals surface area contributed by atoms with E-state index in [-0.39, 0.29) is 29.7 Å². The van der Waals surface area contributed by atoms with Crippen molar-refractivity contribution in [3.05, 3.63) is 36.2 Å². The largest absolute Gasteiger partial charge is 0.434 e. The van der Waals surface area contributed by atoms with Crippen LogP contribution in [0.1, 0.15) is 41.9 Å². The molecule has 1 amide bonds. The third-order valence-electron chi connectivity index (χ3n) is 4.32. The molecule has 1 aliphatic carbocycles. The number of hydrogen-bond acceptors (Lipinski definition) is 5. The molecule has 0 saturated heterocycles. The van der Waals surface area contributed by atoms with Crippen molar-refractivity contribution in [2.75, 3.05) is 7.11 Å². The molecule has 10 heteroatoms. The van der Waals surface area contributed by atoms with Gasteiger partial charge >= 0.3 is 6.18 Å². The van der Waals surface area contributed by atoms with E-state index in [2.05, 4.69) is 20.3 Å². The molecule has 0 radical (unpaired) electrons. The van der Waals surface area contributed by atoms with Crippen LogP contribution in [0.2, 0.25) is 0 Å². The smallest absolute Gasteiger partial charge is 0.381 e. The van der Waals surface area contributed by atoms with Crippen molar-refractivity contribution in [1.29, 1.82) is 0 Å². The van der Waals surface area contributed by atoms with Crippen molar-refractivity contribution >= 4 is 5.91 Å². The molecule has 0 aromatic carbocycles. The lowest BCUT2D eigenvalue weighted by atomic mass is 9.93. The van der Waals surface area contributed by atoms with Gasteiger partial charge in [0.25, 0.3) is 5.91 Å². The zero-order chi connectivity index (χ0) is 18.7. The molecule has 140 valence electrons. The summed E-state index contributed by atoms with van der Waals surface area (Å²) in [5, 5.41) is 2.90. The molecule has 7 nitrogen and oxygen atoms in total. The normalized spacial score (nSPS) is 20.8. The van der Waals surface area contributed by atoms with Gasteiger partial charge in [0.2, 0.25) is 5.95 Å². The lowest BCUT2D eigenvalue weighted by Gasteiger charge is -2.28. The monoisotopic (exact) mass is 369 g/mol. The maximum Gasteiger partial charge on any atom is 0.434 e. The summed E-state index contributed by atoms with van der Waals surface area (Å²) in [5.74, 6) is -0.436. The van der Waals surface area contributed by atoms with Gasteiger partial charge in [0.1, 0.15) is 12.0 Å². The number of ether oxygens (including phenoxy) is 1. The molecular weight excluding hydrogens is 351 g/mol. The Balaban J connectivity index is 1.69. The standard InChI is InChI=1S/C16H18F3N5O2/c1-26-11-4-2-10(3-5-11)22-14(25)12-6-7-20-15(23-12)24-8-13(21-9-24)16(17,18)19/h6-11H,2-5H2,1H3,(H,22,25). The first-order chi connectivity index (χ1) is 12.4. The predicted molar refractivity (Wildman–Crippen MR) is 84.7 cm³/mol. The van der Waals surface area contributed by atoms with Crippen molar-refractivity contribution in [3.8, 4) is 5.95 Å². The molecule has 3 rings (SSSR count). The Morgan fingerprint density at radius 2 is 2.00 bits per heavy atom. The molecule has 0 atom stereocenters. The molecule has 0 aliphatic heterocycles. The van der Waals surface area contributed by atoms with Crippen molar-refractivity contribution in [3.63, 3.8) is 0 Å². The Kier molecular flexibility index (Phi) is 5.21. The van der Waals surface area contributed by atoms with Gasteiger partial charge in [-0.2, -0.15) is 13.2 Å². The molecule has 2 heterocycles. The van der Waals surface area contributed by atoms with Crippen LogP contribution in [0.5, 0.6) is 0 Å². The number of halogens is 3. The van der Waals surface area contributed by atoms with Gasteiger partial charge in [-0.1, -0.05) is 0 Å². The SMILES string of the molecule is COC1CCC(NC(=O)c2ccnc(-n3cnc(C(F)(F)F)c3)n2)CC1.